The van der Waals surface area contributed by atoms with E-state index >= 15 is 0 Å². The van der Waals surface area contributed by atoms with Gasteiger partial charge in [-0.1, -0.05) is 19.1 Å². The zero-order chi connectivity index (χ0) is 24.3. The van der Waals surface area contributed by atoms with E-state index in [-0.39, 0.29) is 29.9 Å². The van der Waals surface area contributed by atoms with E-state index in [1.165, 1.54) is 11.8 Å². The van der Waals surface area contributed by atoms with Crippen LogP contribution in [0.5, 0.6) is 11.5 Å². The van der Waals surface area contributed by atoms with Crippen LogP contribution in [0.2, 0.25) is 0 Å². The monoisotopic (exact) mass is 505 g/mol. The molecule has 34 heavy (non-hydrogen) atoms. The summed E-state index contributed by atoms with van der Waals surface area (Å²) < 4.78 is 34.3. The maximum absolute atomic E-state index is 13.3. The summed E-state index contributed by atoms with van der Waals surface area (Å²) in [5, 5.41) is 2.03. The summed E-state index contributed by atoms with van der Waals surface area (Å²) in [5.41, 5.74) is 2.68. The maximum atomic E-state index is 13.3. The second-order valence-corrected chi connectivity index (χ2v) is 11.7. The number of ether oxygens (including phenoxy) is 2. The van der Waals surface area contributed by atoms with E-state index in [0.29, 0.717) is 42.4 Å². The molecule has 0 bridgehead atoms. The summed E-state index contributed by atoms with van der Waals surface area (Å²) in [6.07, 6.45) is 0.796. The molecule has 4 rings (SSSR count). The standard InChI is InChI=1S/C24H28NO7PS/c1-4-31-33(28,32-5-2)13-16-6-8-18(9-7-16)25-24(27)23-22(26)19-12-21-20(29-14-30-21)11-17(19)10-15(3)34-23/h6-9,11-12,15,23H,4-5,10,13-14H2,1-3H3,(H,25,27)/t15-,23+/m0/s1. The van der Waals surface area contributed by atoms with Gasteiger partial charge < -0.3 is 23.8 Å². The molecule has 2 aromatic carbocycles. The second kappa shape index (κ2) is 10.5. The van der Waals surface area contributed by atoms with Gasteiger partial charge in [0.1, 0.15) is 5.25 Å². The summed E-state index contributed by atoms with van der Waals surface area (Å²) >= 11 is 1.35. The minimum Gasteiger partial charge on any atom is -0.454 e. The highest BCUT2D eigenvalue weighted by molar-refractivity contribution is 8.02. The molecule has 0 saturated carbocycles. The first kappa shape index (κ1) is 24.8. The number of rotatable bonds is 8. The molecular formula is C24H28NO7PS. The van der Waals surface area contributed by atoms with Gasteiger partial charge in [0, 0.05) is 16.5 Å². The Labute approximate surface area is 203 Å². The van der Waals surface area contributed by atoms with Crippen LogP contribution in [-0.2, 0) is 31.0 Å². The van der Waals surface area contributed by atoms with Crippen LogP contribution in [0.4, 0.5) is 5.69 Å². The van der Waals surface area contributed by atoms with Crippen molar-refractivity contribution in [2.45, 2.75) is 43.9 Å². The van der Waals surface area contributed by atoms with Gasteiger partial charge in [-0.15, -0.1) is 11.8 Å². The Bertz CT molecular complexity index is 1110. The third-order valence-electron chi connectivity index (χ3n) is 5.47. The summed E-state index contributed by atoms with van der Waals surface area (Å²) in [7, 11) is -3.22. The van der Waals surface area contributed by atoms with Crippen molar-refractivity contribution >= 4 is 36.7 Å². The van der Waals surface area contributed by atoms with Crippen LogP contribution in [0.25, 0.3) is 0 Å². The number of anilines is 1. The maximum Gasteiger partial charge on any atom is 0.335 e. The molecule has 0 spiro atoms. The number of hydrogen-bond donors (Lipinski definition) is 1. The second-order valence-electron chi connectivity index (χ2n) is 8.05. The zero-order valence-electron chi connectivity index (χ0n) is 19.4. The van der Waals surface area contributed by atoms with E-state index in [2.05, 4.69) is 5.32 Å². The Hall–Kier alpha value is -2.32. The number of hydrogen-bond acceptors (Lipinski definition) is 8. The number of benzene rings is 2. The number of fused-ring (bicyclic) bond motifs is 2. The van der Waals surface area contributed by atoms with Gasteiger partial charge >= 0.3 is 7.60 Å². The Kier molecular flexibility index (Phi) is 7.67. The van der Waals surface area contributed by atoms with E-state index in [4.69, 9.17) is 18.5 Å². The first-order valence-corrected chi connectivity index (χ1v) is 13.9. The topological polar surface area (TPSA) is 100 Å². The van der Waals surface area contributed by atoms with E-state index in [1.807, 2.05) is 13.0 Å². The number of carbonyl (C=O) groups is 2. The fourth-order valence-electron chi connectivity index (χ4n) is 4.00. The highest BCUT2D eigenvalue weighted by Crippen LogP contribution is 2.51. The quantitative estimate of drug-likeness (QED) is 0.393. The van der Waals surface area contributed by atoms with Crippen LogP contribution in [-0.4, -0.2) is 42.2 Å². The molecule has 1 N–H and O–H groups in total. The van der Waals surface area contributed by atoms with Crippen LogP contribution < -0.4 is 14.8 Å². The minimum absolute atomic E-state index is 0.0648. The van der Waals surface area contributed by atoms with Crippen molar-refractivity contribution < 1.29 is 32.7 Å². The molecule has 8 nitrogen and oxygen atoms in total. The first-order chi connectivity index (χ1) is 16.3. The molecule has 182 valence electrons. The predicted octanol–water partition coefficient (Wildman–Crippen LogP) is 5.05. The van der Waals surface area contributed by atoms with Crippen molar-refractivity contribution in [3.05, 3.63) is 53.1 Å². The van der Waals surface area contributed by atoms with Crippen LogP contribution in [0, 0.1) is 0 Å². The third kappa shape index (κ3) is 5.49. The molecule has 2 aromatic rings. The minimum atomic E-state index is -3.22. The SMILES string of the molecule is CCOP(=O)(Cc1ccc(NC(=O)[C@@H]2S[C@@H](C)Cc3cc4c(cc3C2=O)OCO4)cc1)OCC. The number of thioether (sulfide) groups is 1. The van der Waals surface area contributed by atoms with E-state index in [0.717, 1.165) is 11.1 Å². The fourth-order valence-corrected chi connectivity index (χ4v) is 6.88. The lowest BCUT2D eigenvalue weighted by atomic mass is 9.97. The van der Waals surface area contributed by atoms with Crippen LogP contribution >= 0.6 is 19.4 Å². The number of carbonyl (C=O) groups excluding carboxylic acids is 2. The molecule has 2 aliphatic heterocycles. The molecule has 0 unspecified atom stereocenters. The van der Waals surface area contributed by atoms with Gasteiger partial charge in [0.25, 0.3) is 0 Å². The van der Waals surface area contributed by atoms with Gasteiger partial charge in [-0.3, -0.25) is 14.2 Å². The Morgan fingerprint density at radius 2 is 1.76 bits per heavy atom. The number of Topliss-reactive ketones (excluding diaryl/α,β-unsaturated/α-hetero) is 1. The summed E-state index contributed by atoms with van der Waals surface area (Å²) in [6.45, 7) is 6.25. The van der Waals surface area contributed by atoms with Crippen LogP contribution in [0.15, 0.2) is 36.4 Å². The highest BCUT2D eigenvalue weighted by Gasteiger charge is 2.36. The predicted molar refractivity (Wildman–Crippen MR) is 131 cm³/mol. The largest absolute Gasteiger partial charge is 0.454 e. The molecule has 0 aliphatic carbocycles. The normalized spacial score (nSPS) is 19.4. The number of ketones is 1. The van der Waals surface area contributed by atoms with E-state index < -0.39 is 12.8 Å². The number of nitrogens with one attached hydrogen (secondary N) is 1. The van der Waals surface area contributed by atoms with Gasteiger partial charge in [-0.25, -0.2) is 0 Å². The van der Waals surface area contributed by atoms with Crippen molar-refractivity contribution in [2.75, 3.05) is 25.3 Å². The van der Waals surface area contributed by atoms with Gasteiger partial charge in [0.05, 0.1) is 19.4 Å². The lowest BCUT2D eigenvalue weighted by molar-refractivity contribution is -0.115. The number of amides is 1. The molecule has 10 heteroatoms. The molecule has 0 saturated heterocycles. The Balaban J connectivity index is 1.48. The van der Waals surface area contributed by atoms with Crippen molar-refractivity contribution in [3.8, 4) is 11.5 Å². The van der Waals surface area contributed by atoms with Crippen molar-refractivity contribution in [3.63, 3.8) is 0 Å². The molecule has 2 atom stereocenters. The molecule has 0 radical (unpaired) electrons. The zero-order valence-corrected chi connectivity index (χ0v) is 21.1. The van der Waals surface area contributed by atoms with Crippen LogP contribution in [0.1, 0.15) is 42.3 Å². The third-order valence-corrected chi connectivity index (χ3v) is 8.85. The molecule has 1 amide bonds. The van der Waals surface area contributed by atoms with E-state index in [1.54, 1.807) is 44.2 Å². The van der Waals surface area contributed by atoms with Gasteiger partial charge in [-0.05, 0) is 55.7 Å². The Morgan fingerprint density at radius 1 is 1.12 bits per heavy atom. The fraction of sp³-hybridized carbons (Fsp3) is 0.417. The Morgan fingerprint density at radius 3 is 2.41 bits per heavy atom. The lowest BCUT2D eigenvalue weighted by Gasteiger charge is -2.18. The summed E-state index contributed by atoms with van der Waals surface area (Å²) in [4.78, 5) is 26.4. The average molecular weight is 506 g/mol. The summed E-state index contributed by atoms with van der Waals surface area (Å²) in [6, 6.07) is 10.5. The highest BCUT2D eigenvalue weighted by atomic mass is 32.2. The van der Waals surface area contributed by atoms with Gasteiger partial charge in [-0.2, -0.15) is 0 Å². The average Bonchev–Trinajstić information content (AvgIpc) is 3.20. The van der Waals surface area contributed by atoms with Crippen LogP contribution in [0.3, 0.4) is 0 Å². The molecule has 2 heterocycles. The smallest absolute Gasteiger partial charge is 0.335 e. The lowest BCUT2D eigenvalue weighted by Crippen LogP contribution is -2.33. The van der Waals surface area contributed by atoms with Gasteiger partial charge in [0.2, 0.25) is 12.7 Å². The molecule has 2 aliphatic rings. The van der Waals surface area contributed by atoms with Crippen molar-refractivity contribution in [2.24, 2.45) is 0 Å². The van der Waals surface area contributed by atoms with E-state index in [9.17, 15) is 14.2 Å². The van der Waals surface area contributed by atoms with Crippen molar-refractivity contribution in [1.82, 2.24) is 0 Å². The molecule has 0 aromatic heterocycles. The molecule has 0 fully saturated rings. The molecular weight excluding hydrogens is 477 g/mol. The summed E-state index contributed by atoms with van der Waals surface area (Å²) in [5.74, 6) is 0.531. The van der Waals surface area contributed by atoms with Gasteiger partial charge in [0.15, 0.2) is 17.3 Å². The van der Waals surface area contributed by atoms with Crippen molar-refractivity contribution in [1.29, 1.82) is 0 Å². The first-order valence-electron chi connectivity index (χ1n) is 11.2.